The first-order chi connectivity index (χ1) is 26.5. The van der Waals surface area contributed by atoms with E-state index in [4.69, 9.17) is 18.5 Å². The van der Waals surface area contributed by atoms with Gasteiger partial charge in [-0.15, -0.1) is 0 Å². The van der Waals surface area contributed by atoms with Crippen LogP contribution in [0.15, 0.2) is 12.2 Å². The molecule has 0 amide bonds. The highest BCUT2D eigenvalue weighted by Crippen LogP contribution is 2.43. The van der Waals surface area contributed by atoms with Crippen molar-refractivity contribution in [1.29, 1.82) is 0 Å². The van der Waals surface area contributed by atoms with Crippen LogP contribution in [-0.2, 0) is 32.7 Å². The number of ether oxygens (including phenoxy) is 2. The Balaban J connectivity index is 4.28. The number of rotatable bonds is 42. The SMILES string of the molecule is CCCCCCCC/C=C\CCCCCCCCCCCC(=O)O[C@H](COC(=O)CCCCCCCCCCCCCC)COP(=O)(O)OCC[N+](C)(C)C. The highest BCUT2D eigenvalue weighted by Gasteiger charge is 2.27. The van der Waals surface area contributed by atoms with E-state index in [-0.39, 0.29) is 25.6 Å². The zero-order valence-corrected chi connectivity index (χ0v) is 37.6. The molecule has 0 spiro atoms. The van der Waals surface area contributed by atoms with Crippen LogP contribution in [0.3, 0.4) is 0 Å². The van der Waals surface area contributed by atoms with Crippen LogP contribution in [0.1, 0.15) is 213 Å². The molecule has 0 heterocycles. The highest BCUT2D eigenvalue weighted by molar-refractivity contribution is 7.47. The third kappa shape index (κ3) is 42.2. The molecule has 0 saturated heterocycles. The second kappa shape index (κ2) is 38.3. The van der Waals surface area contributed by atoms with Gasteiger partial charge in [-0.2, -0.15) is 0 Å². The maximum atomic E-state index is 12.7. The van der Waals surface area contributed by atoms with Gasteiger partial charge in [-0.1, -0.05) is 174 Å². The molecule has 10 heteroatoms. The summed E-state index contributed by atoms with van der Waals surface area (Å²) < 4.78 is 34.3. The summed E-state index contributed by atoms with van der Waals surface area (Å²) in [6, 6.07) is 0. The molecule has 0 aromatic heterocycles. The molecule has 0 aliphatic heterocycles. The van der Waals surface area contributed by atoms with Gasteiger partial charge in [0.1, 0.15) is 19.8 Å². The van der Waals surface area contributed by atoms with Crippen molar-refractivity contribution in [2.45, 2.75) is 219 Å². The van der Waals surface area contributed by atoms with Crippen molar-refractivity contribution in [1.82, 2.24) is 0 Å². The molecule has 0 bridgehead atoms. The van der Waals surface area contributed by atoms with Crippen molar-refractivity contribution >= 4 is 19.8 Å². The lowest BCUT2D eigenvalue weighted by atomic mass is 10.0. The summed E-state index contributed by atoms with van der Waals surface area (Å²) in [4.78, 5) is 35.4. The van der Waals surface area contributed by atoms with Crippen molar-refractivity contribution < 1.29 is 42.1 Å². The molecule has 0 aromatic rings. The van der Waals surface area contributed by atoms with Gasteiger partial charge in [0.25, 0.3) is 0 Å². The first-order valence-electron chi connectivity index (χ1n) is 22.9. The predicted molar refractivity (Wildman–Crippen MR) is 229 cm³/mol. The maximum absolute atomic E-state index is 12.7. The molecule has 326 valence electrons. The van der Waals surface area contributed by atoms with Crippen molar-refractivity contribution in [3.63, 3.8) is 0 Å². The Morgan fingerprint density at radius 3 is 1.35 bits per heavy atom. The van der Waals surface area contributed by atoms with Crippen LogP contribution in [0.2, 0.25) is 0 Å². The van der Waals surface area contributed by atoms with Gasteiger partial charge < -0.3 is 18.9 Å². The van der Waals surface area contributed by atoms with E-state index in [1.54, 1.807) is 0 Å². The minimum atomic E-state index is -4.37. The summed E-state index contributed by atoms with van der Waals surface area (Å²) in [6.45, 7) is 4.44. The number of phosphoric ester groups is 1. The zero-order valence-electron chi connectivity index (χ0n) is 36.7. The summed E-state index contributed by atoms with van der Waals surface area (Å²) in [6.07, 6.45) is 39.7. The molecular formula is C45H89NO8P+. The molecule has 0 aliphatic carbocycles. The highest BCUT2D eigenvalue weighted by atomic mass is 31.2. The van der Waals surface area contributed by atoms with Crippen LogP contribution in [0, 0.1) is 0 Å². The summed E-state index contributed by atoms with van der Waals surface area (Å²) >= 11 is 0. The molecule has 0 radical (unpaired) electrons. The monoisotopic (exact) mass is 803 g/mol. The molecule has 0 aliphatic rings. The van der Waals surface area contributed by atoms with Gasteiger partial charge in [-0.25, -0.2) is 4.57 Å². The quantitative estimate of drug-likeness (QED) is 0.0214. The van der Waals surface area contributed by atoms with Crippen molar-refractivity contribution in [3.8, 4) is 0 Å². The Hall–Kier alpha value is -1.25. The minimum absolute atomic E-state index is 0.0345. The second-order valence-electron chi connectivity index (χ2n) is 16.8. The number of quaternary nitrogens is 1. The van der Waals surface area contributed by atoms with Gasteiger partial charge in [0.05, 0.1) is 27.7 Å². The number of nitrogens with zero attached hydrogens (tertiary/aromatic N) is 1. The van der Waals surface area contributed by atoms with E-state index in [0.717, 1.165) is 32.1 Å². The maximum Gasteiger partial charge on any atom is 0.472 e. The van der Waals surface area contributed by atoms with Crippen LogP contribution in [-0.4, -0.2) is 74.9 Å². The summed E-state index contributed by atoms with van der Waals surface area (Å²) in [5, 5.41) is 0. The van der Waals surface area contributed by atoms with E-state index in [1.807, 2.05) is 21.1 Å². The molecule has 1 N–H and O–H groups in total. The number of unbranched alkanes of at least 4 members (excludes halogenated alkanes) is 26. The van der Waals surface area contributed by atoms with Gasteiger partial charge in [0.15, 0.2) is 6.10 Å². The van der Waals surface area contributed by atoms with Crippen molar-refractivity contribution in [3.05, 3.63) is 12.2 Å². The fraction of sp³-hybridized carbons (Fsp3) is 0.911. The van der Waals surface area contributed by atoms with E-state index in [0.29, 0.717) is 23.9 Å². The molecule has 0 aromatic carbocycles. The number of hydrogen-bond acceptors (Lipinski definition) is 7. The molecule has 0 saturated carbocycles. The molecule has 0 rings (SSSR count). The topological polar surface area (TPSA) is 108 Å². The van der Waals surface area contributed by atoms with E-state index in [1.165, 1.54) is 148 Å². The summed E-state index contributed by atoms with van der Waals surface area (Å²) in [7, 11) is 1.49. The van der Waals surface area contributed by atoms with E-state index in [2.05, 4.69) is 26.0 Å². The van der Waals surface area contributed by atoms with Crippen LogP contribution in [0.4, 0.5) is 0 Å². The van der Waals surface area contributed by atoms with Crippen molar-refractivity contribution in [2.24, 2.45) is 0 Å². The van der Waals surface area contributed by atoms with Crippen LogP contribution >= 0.6 is 7.82 Å². The Morgan fingerprint density at radius 2 is 0.927 bits per heavy atom. The lowest BCUT2D eigenvalue weighted by Gasteiger charge is -2.24. The molecule has 2 atom stereocenters. The fourth-order valence-electron chi connectivity index (χ4n) is 6.42. The number of carbonyl (C=O) groups excluding carboxylic acids is 2. The van der Waals surface area contributed by atoms with Gasteiger partial charge >= 0.3 is 19.8 Å². The first-order valence-corrected chi connectivity index (χ1v) is 24.4. The van der Waals surface area contributed by atoms with E-state index < -0.39 is 26.5 Å². The average Bonchev–Trinajstić information content (AvgIpc) is 3.13. The number of carbonyl (C=O) groups is 2. The number of esters is 2. The number of hydrogen-bond donors (Lipinski definition) is 1. The average molecular weight is 803 g/mol. The molecule has 1 unspecified atom stereocenters. The number of phosphoric acid groups is 1. The lowest BCUT2D eigenvalue weighted by molar-refractivity contribution is -0.870. The van der Waals surface area contributed by atoms with Crippen molar-refractivity contribution in [2.75, 3.05) is 47.5 Å². The van der Waals surface area contributed by atoms with E-state index in [9.17, 15) is 19.0 Å². The summed E-state index contributed by atoms with van der Waals surface area (Å²) in [5.41, 5.74) is 0. The Morgan fingerprint density at radius 1 is 0.545 bits per heavy atom. The Bertz CT molecular complexity index is 954. The first kappa shape index (κ1) is 53.8. The second-order valence-corrected chi connectivity index (χ2v) is 18.2. The third-order valence-electron chi connectivity index (χ3n) is 10.0. The predicted octanol–water partition coefficient (Wildman–Crippen LogP) is 13.0. The van der Waals surface area contributed by atoms with Crippen LogP contribution < -0.4 is 0 Å². The Labute approximate surface area is 339 Å². The minimum Gasteiger partial charge on any atom is -0.462 e. The zero-order chi connectivity index (χ0) is 40.7. The van der Waals surface area contributed by atoms with Gasteiger partial charge in [-0.05, 0) is 38.5 Å². The molecule has 55 heavy (non-hydrogen) atoms. The smallest absolute Gasteiger partial charge is 0.462 e. The fourth-order valence-corrected chi connectivity index (χ4v) is 7.16. The lowest BCUT2D eigenvalue weighted by Crippen LogP contribution is -2.37. The standard InChI is InChI=1S/C45H88NO8P/c1-6-8-10-12-14-16-18-20-21-22-23-24-25-26-28-30-32-34-36-38-45(48)54-43(42-53-55(49,50)52-40-39-46(3,4)5)41-51-44(47)37-35-33-31-29-27-19-17-15-13-11-9-7-2/h20-21,43H,6-19,22-42H2,1-5H3/p+1/b21-20-/t43-/m1/s1. The largest absolute Gasteiger partial charge is 0.472 e. The molecular weight excluding hydrogens is 713 g/mol. The van der Waals surface area contributed by atoms with Crippen LogP contribution in [0.25, 0.3) is 0 Å². The van der Waals surface area contributed by atoms with Gasteiger partial charge in [0, 0.05) is 12.8 Å². The third-order valence-corrected chi connectivity index (χ3v) is 11.0. The summed E-state index contributed by atoms with van der Waals surface area (Å²) in [5.74, 6) is -0.791. The normalized spacial score (nSPS) is 13.6. The Kier molecular flexibility index (Phi) is 37.4. The number of likely N-dealkylation sites (N-methyl/N-ethyl adjacent to an activating group) is 1. The van der Waals surface area contributed by atoms with Gasteiger partial charge in [0.2, 0.25) is 0 Å². The number of allylic oxidation sites excluding steroid dienone is 2. The molecule has 9 nitrogen and oxygen atoms in total. The van der Waals surface area contributed by atoms with E-state index >= 15 is 0 Å². The van der Waals surface area contributed by atoms with Gasteiger partial charge in [-0.3, -0.25) is 18.6 Å². The molecule has 0 fully saturated rings. The van der Waals surface area contributed by atoms with Crippen LogP contribution in [0.5, 0.6) is 0 Å².